The van der Waals surface area contributed by atoms with Gasteiger partial charge in [0, 0.05) is 37.3 Å². The minimum absolute atomic E-state index is 0.0818. The molecule has 0 saturated carbocycles. The van der Waals surface area contributed by atoms with Crippen molar-refractivity contribution in [3.63, 3.8) is 0 Å². The minimum Gasteiger partial charge on any atom is -0.507 e. The Morgan fingerprint density at radius 2 is 1.77 bits per heavy atom. The Labute approximate surface area is 129 Å². The van der Waals surface area contributed by atoms with Gasteiger partial charge in [-0.3, -0.25) is 0 Å². The van der Waals surface area contributed by atoms with E-state index in [1.54, 1.807) is 6.92 Å². The standard InChI is InChI=1S/C16H19FN4O/c1-11-13(17)4-3-12(16(11)22)14-5-6-15(19-18-14)21-9-7-20(2)8-10-21/h3-6,22H,7-10H2,1-2H3. The average molecular weight is 302 g/mol. The lowest BCUT2D eigenvalue weighted by molar-refractivity contribution is 0.312. The van der Waals surface area contributed by atoms with Gasteiger partial charge in [0.25, 0.3) is 0 Å². The number of phenols is 1. The Hall–Kier alpha value is -2.21. The van der Waals surface area contributed by atoms with Crippen LogP contribution in [0.25, 0.3) is 11.3 Å². The second-order valence-corrected chi connectivity index (χ2v) is 5.64. The molecular weight excluding hydrogens is 283 g/mol. The molecule has 0 radical (unpaired) electrons. The summed E-state index contributed by atoms with van der Waals surface area (Å²) in [6, 6.07) is 6.57. The van der Waals surface area contributed by atoms with Gasteiger partial charge in [-0.05, 0) is 38.2 Å². The third-order valence-corrected chi connectivity index (χ3v) is 4.12. The number of likely N-dealkylation sites (N-methyl/N-ethyl adjacent to an activating group) is 1. The first kappa shape index (κ1) is 14.7. The Balaban J connectivity index is 1.84. The number of rotatable bonds is 2. The van der Waals surface area contributed by atoms with Gasteiger partial charge in [-0.2, -0.15) is 0 Å². The zero-order chi connectivity index (χ0) is 15.7. The van der Waals surface area contributed by atoms with E-state index in [2.05, 4.69) is 27.0 Å². The lowest BCUT2D eigenvalue weighted by Crippen LogP contribution is -2.44. The van der Waals surface area contributed by atoms with E-state index in [4.69, 9.17) is 0 Å². The summed E-state index contributed by atoms with van der Waals surface area (Å²) in [5.41, 5.74) is 1.26. The molecule has 0 atom stereocenters. The molecule has 22 heavy (non-hydrogen) atoms. The SMILES string of the molecule is Cc1c(F)ccc(-c2ccc(N3CCN(C)CC3)nn2)c1O. The summed E-state index contributed by atoms with van der Waals surface area (Å²) in [6.45, 7) is 5.39. The van der Waals surface area contributed by atoms with Crippen molar-refractivity contribution in [2.45, 2.75) is 6.92 Å². The van der Waals surface area contributed by atoms with Crippen molar-refractivity contribution in [3.8, 4) is 17.0 Å². The van der Waals surface area contributed by atoms with Crippen molar-refractivity contribution in [1.29, 1.82) is 0 Å². The van der Waals surface area contributed by atoms with Crippen molar-refractivity contribution in [3.05, 3.63) is 35.6 Å². The Bertz CT molecular complexity index is 667. The largest absolute Gasteiger partial charge is 0.507 e. The second-order valence-electron chi connectivity index (χ2n) is 5.64. The van der Waals surface area contributed by atoms with Crippen LogP contribution in [0, 0.1) is 12.7 Å². The molecule has 116 valence electrons. The highest BCUT2D eigenvalue weighted by molar-refractivity contribution is 5.69. The summed E-state index contributed by atoms with van der Waals surface area (Å²) in [5, 5.41) is 18.5. The highest BCUT2D eigenvalue weighted by atomic mass is 19.1. The van der Waals surface area contributed by atoms with Crippen LogP contribution in [0.15, 0.2) is 24.3 Å². The molecule has 2 aromatic rings. The van der Waals surface area contributed by atoms with E-state index in [0.29, 0.717) is 11.3 Å². The predicted octanol–water partition coefficient (Wildman–Crippen LogP) is 2.05. The molecule has 1 N–H and O–H groups in total. The lowest BCUT2D eigenvalue weighted by atomic mass is 10.1. The molecule has 1 aromatic heterocycles. The van der Waals surface area contributed by atoms with Crippen LogP contribution in [0.5, 0.6) is 5.75 Å². The molecule has 1 aliphatic rings. The summed E-state index contributed by atoms with van der Waals surface area (Å²) in [5.74, 6) is 0.320. The number of aromatic nitrogens is 2. The van der Waals surface area contributed by atoms with Crippen LogP contribution in [0.4, 0.5) is 10.2 Å². The molecule has 1 fully saturated rings. The van der Waals surface area contributed by atoms with Crippen molar-refractivity contribution in [2.24, 2.45) is 0 Å². The van der Waals surface area contributed by atoms with Gasteiger partial charge in [-0.25, -0.2) is 4.39 Å². The summed E-state index contributed by atoms with van der Waals surface area (Å²) >= 11 is 0. The lowest BCUT2D eigenvalue weighted by Gasteiger charge is -2.32. The number of aromatic hydroxyl groups is 1. The number of hydrogen-bond donors (Lipinski definition) is 1. The Morgan fingerprint density at radius 3 is 2.41 bits per heavy atom. The van der Waals surface area contributed by atoms with Gasteiger partial charge in [0.1, 0.15) is 11.6 Å². The monoisotopic (exact) mass is 302 g/mol. The summed E-state index contributed by atoms with van der Waals surface area (Å²) < 4.78 is 13.4. The number of piperazine rings is 1. The first-order valence-electron chi connectivity index (χ1n) is 7.32. The molecule has 0 unspecified atom stereocenters. The van der Waals surface area contributed by atoms with Crippen LogP contribution in [0.3, 0.4) is 0 Å². The van der Waals surface area contributed by atoms with Gasteiger partial charge in [0.05, 0.1) is 5.69 Å². The number of nitrogens with zero attached hydrogens (tertiary/aromatic N) is 4. The van der Waals surface area contributed by atoms with Crippen LogP contribution in [0.1, 0.15) is 5.56 Å². The molecule has 0 aliphatic carbocycles. The molecule has 1 aliphatic heterocycles. The molecule has 3 rings (SSSR count). The topological polar surface area (TPSA) is 52.5 Å². The van der Waals surface area contributed by atoms with E-state index in [1.807, 2.05) is 12.1 Å². The van der Waals surface area contributed by atoms with Gasteiger partial charge in [0.2, 0.25) is 0 Å². The first-order valence-corrected chi connectivity index (χ1v) is 7.32. The number of benzene rings is 1. The fraction of sp³-hybridized carbons (Fsp3) is 0.375. The molecule has 0 spiro atoms. The van der Waals surface area contributed by atoms with Crippen LogP contribution in [0.2, 0.25) is 0 Å². The van der Waals surface area contributed by atoms with Gasteiger partial charge >= 0.3 is 0 Å². The van der Waals surface area contributed by atoms with Crippen LogP contribution >= 0.6 is 0 Å². The fourth-order valence-electron chi connectivity index (χ4n) is 2.56. The van der Waals surface area contributed by atoms with Crippen molar-refractivity contribution < 1.29 is 9.50 Å². The maximum absolute atomic E-state index is 13.4. The van der Waals surface area contributed by atoms with E-state index in [1.165, 1.54) is 12.1 Å². The summed E-state index contributed by atoms with van der Waals surface area (Å²) in [6.07, 6.45) is 0. The molecule has 2 heterocycles. The third kappa shape index (κ3) is 2.74. The van der Waals surface area contributed by atoms with Gasteiger partial charge in [-0.1, -0.05) is 0 Å². The van der Waals surface area contributed by atoms with Gasteiger partial charge in [-0.15, -0.1) is 10.2 Å². The van der Waals surface area contributed by atoms with E-state index in [-0.39, 0.29) is 11.3 Å². The smallest absolute Gasteiger partial charge is 0.151 e. The molecule has 1 aromatic carbocycles. The van der Waals surface area contributed by atoms with Crippen LogP contribution in [-0.2, 0) is 0 Å². The fourth-order valence-corrected chi connectivity index (χ4v) is 2.56. The van der Waals surface area contributed by atoms with Crippen molar-refractivity contribution in [2.75, 3.05) is 38.1 Å². The molecule has 6 heteroatoms. The van der Waals surface area contributed by atoms with Crippen molar-refractivity contribution in [1.82, 2.24) is 15.1 Å². The predicted molar refractivity (Wildman–Crippen MR) is 83.5 cm³/mol. The van der Waals surface area contributed by atoms with E-state index in [9.17, 15) is 9.50 Å². The average Bonchev–Trinajstić information content (AvgIpc) is 2.54. The zero-order valence-corrected chi connectivity index (χ0v) is 12.8. The highest BCUT2D eigenvalue weighted by Crippen LogP contribution is 2.32. The number of hydrogen-bond acceptors (Lipinski definition) is 5. The molecule has 0 bridgehead atoms. The molecule has 5 nitrogen and oxygen atoms in total. The first-order chi connectivity index (χ1) is 10.6. The van der Waals surface area contributed by atoms with Crippen LogP contribution in [-0.4, -0.2) is 53.4 Å². The van der Waals surface area contributed by atoms with E-state index >= 15 is 0 Å². The second kappa shape index (κ2) is 5.88. The Morgan fingerprint density at radius 1 is 1.05 bits per heavy atom. The number of anilines is 1. The molecule has 0 amide bonds. The van der Waals surface area contributed by atoms with E-state index in [0.717, 1.165) is 32.0 Å². The zero-order valence-electron chi connectivity index (χ0n) is 12.8. The maximum Gasteiger partial charge on any atom is 0.151 e. The van der Waals surface area contributed by atoms with Gasteiger partial charge in [0.15, 0.2) is 5.82 Å². The van der Waals surface area contributed by atoms with E-state index < -0.39 is 5.82 Å². The van der Waals surface area contributed by atoms with Gasteiger partial charge < -0.3 is 14.9 Å². The number of halogens is 1. The maximum atomic E-state index is 13.4. The molecule has 1 saturated heterocycles. The third-order valence-electron chi connectivity index (χ3n) is 4.12. The Kier molecular flexibility index (Phi) is 3.94. The van der Waals surface area contributed by atoms with Crippen molar-refractivity contribution >= 4 is 5.82 Å². The minimum atomic E-state index is -0.428. The quantitative estimate of drug-likeness (QED) is 0.920. The number of phenolic OH excluding ortho intramolecular Hbond substituents is 1. The molecular formula is C16H19FN4O. The van der Waals surface area contributed by atoms with Crippen LogP contribution < -0.4 is 4.90 Å². The summed E-state index contributed by atoms with van der Waals surface area (Å²) in [7, 11) is 2.10. The summed E-state index contributed by atoms with van der Waals surface area (Å²) in [4.78, 5) is 4.46. The normalized spacial score (nSPS) is 16.0. The highest BCUT2D eigenvalue weighted by Gasteiger charge is 2.17.